The number of para-hydroxylation sites is 1. The monoisotopic (exact) mass is 465 g/mol. The average molecular weight is 466 g/mol. The number of carbonyl (C=O) groups excluding carboxylic acids is 2. The first-order valence-corrected chi connectivity index (χ1v) is 11.9. The van der Waals surface area contributed by atoms with Gasteiger partial charge in [-0.3, -0.25) is 9.69 Å². The van der Waals surface area contributed by atoms with Gasteiger partial charge in [-0.05, 0) is 74.4 Å². The largest absolute Gasteiger partial charge is 0.419 e. The molecule has 1 heterocycles. The summed E-state index contributed by atoms with van der Waals surface area (Å²) in [5.41, 5.74) is 2.27. The summed E-state index contributed by atoms with van der Waals surface area (Å²) in [6.45, 7) is 9.36. The molecule has 34 heavy (non-hydrogen) atoms. The lowest BCUT2D eigenvalue weighted by Gasteiger charge is -2.40. The van der Waals surface area contributed by atoms with E-state index in [1.54, 1.807) is 17.0 Å². The Hall–Kier alpha value is -3.19. The van der Waals surface area contributed by atoms with Crippen molar-refractivity contribution in [1.82, 2.24) is 5.32 Å². The zero-order valence-electron chi connectivity index (χ0n) is 19.8. The van der Waals surface area contributed by atoms with Gasteiger partial charge in [-0.25, -0.2) is 9.18 Å². The molecule has 1 saturated carbocycles. The van der Waals surface area contributed by atoms with Crippen LogP contribution in [0.1, 0.15) is 44.6 Å². The third-order valence-corrected chi connectivity index (χ3v) is 6.47. The predicted molar refractivity (Wildman–Crippen MR) is 132 cm³/mol. The van der Waals surface area contributed by atoms with Crippen LogP contribution in [0.3, 0.4) is 0 Å². The fourth-order valence-corrected chi connectivity index (χ4v) is 4.55. The first kappa shape index (κ1) is 24.0. The molecule has 1 unspecified atom stereocenters. The number of carbonyl (C=O) groups is 2. The second kappa shape index (κ2) is 10.4. The topological polar surface area (TPSA) is 61.9 Å². The average Bonchev–Trinajstić information content (AvgIpc) is 3.63. The number of hydrogen-bond donors (Lipinski definition) is 1. The molecule has 1 aliphatic heterocycles. The van der Waals surface area contributed by atoms with Crippen LogP contribution in [0.4, 0.5) is 20.6 Å². The molecule has 0 bridgehead atoms. The minimum Gasteiger partial charge on any atom is -0.407 e. The molecular weight excluding hydrogens is 433 g/mol. The Morgan fingerprint density at radius 2 is 2.00 bits per heavy atom. The Balaban J connectivity index is 1.65. The van der Waals surface area contributed by atoms with Crippen LogP contribution in [0.5, 0.6) is 5.75 Å². The van der Waals surface area contributed by atoms with Gasteiger partial charge in [-0.2, -0.15) is 0 Å². The molecule has 1 N–H and O–H groups in total. The van der Waals surface area contributed by atoms with E-state index in [0.717, 1.165) is 31.0 Å². The van der Waals surface area contributed by atoms with Crippen molar-refractivity contribution in [3.05, 3.63) is 66.5 Å². The van der Waals surface area contributed by atoms with E-state index in [1.165, 1.54) is 36.8 Å². The van der Waals surface area contributed by atoms with Gasteiger partial charge in [0.2, 0.25) is 5.91 Å². The molecule has 2 aromatic carbocycles. The Bertz CT molecular complexity index is 1070. The van der Waals surface area contributed by atoms with Crippen LogP contribution < -0.4 is 19.9 Å². The second-order valence-electron chi connectivity index (χ2n) is 9.22. The van der Waals surface area contributed by atoms with E-state index < -0.39 is 11.9 Å². The highest BCUT2D eigenvalue weighted by molar-refractivity contribution is 6.02. The van der Waals surface area contributed by atoms with Crippen LogP contribution in [-0.4, -0.2) is 37.7 Å². The Labute approximate surface area is 200 Å². The molecule has 0 radical (unpaired) electrons. The summed E-state index contributed by atoms with van der Waals surface area (Å²) in [6.07, 6.45) is 4.58. The summed E-state index contributed by atoms with van der Waals surface area (Å²) >= 11 is 0. The number of nitrogens with one attached hydrogen (secondary N) is 1. The smallest absolute Gasteiger partial charge is 0.407 e. The van der Waals surface area contributed by atoms with E-state index in [1.807, 2.05) is 31.2 Å². The highest BCUT2D eigenvalue weighted by Crippen LogP contribution is 2.39. The van der Waals surface area contributed by atoms with E-state index in [9.17, 15) is 14.0 Å². The van der Waals surface area contributed by atoms with Crippen LogP contribution >= 0.6 is 0 Å². The van der Waals surface area contributed by atoms with Gasteiger partial charge in [0.1, 0.15) is 0 Å². The van der Waals surface area contributed by atoms with Gasteiger partial charge in [-0.1, -0.05) is 24.3 Å². The molecule has 6 nitrogen and oxygen atoms in total. The van der Waals surface area contributed by atoms with Crippen LogP contribution in [0.2, 0.25) is 0 Å². The van der Waals surface area contributed by atoms with Crippen molar-refractivity contribution >= 4 is 23.4 Å². The highest BCUT2D eigenvalue weighted by Gasteiger charge is 2.35. The summed E-state index contributed by atoms with van der Waals surface area (Å²) < 4.78 is 19.5. The molecule has 7 heteroatoms. The van der Waals surface area contributed by atoms with Crippen molar-refractivity contribution in [3.63, 3.8) is 0 Å². The van der Waals surface area contributed by atoms with Crippen molar-refractivity contribution < 1.29 is 18.7 Å². The molecule has 0 saturated heterocycles. The van der Waals surface area contributed by atoms with Crippen molar-refractivity contribution in [1.29, 1.82) is 0 Å². The van der Waals surface area contributed by atoms with Crippen LogP contribution in [0, 0.1) is 11.7 Å². The SMILES string of the molecule is C=CCC(CNCC1CC1)c1ccc2c(c1)N(C(=O)Oc1ccccc1F)C[C@H](C)N2C(C)=O. The van der Waals surface area contributed by atoms with E-state index in [2.05, 4.69) is 11.9 Å². The quantitative estimate of drug-likeness (QED) is 0.541. The molecule has 0 aromatic heterocycles. The zero-order valence-corrected chi connectivity index (χ0v) is 19.8. The third-order valence-electron chi connectivity index (χ3n) is 6.47. The summed E-state index contributed by atoms with van der Waals surface area (Å²) in [4.78, 5) is 28.8. The first-order chi connectivity index (χ1) is 16.4. The lowest BCUT2D eigenvalue weighted by Crippen LogP contribution is -2.52. The molecule has 1 fully saturated rings. The highest BCUT2D eigenvalue weighted by atomic mass is 19.1. The maximum atomic E-state index is 14.1. The maximum absolute atomic E-state index is 14.1. The number of halogens is 1. The van der Waals surface area contributed by atoms with Gasteiger partial charge in [-0.15, -0.1) is 6.58 Å². The molecule has 2 atom stereocenters. The minimum absolute atomic E-state index is 0.0997. The van der Waals surface area contributed by atoms with Crippen molar-refractivity contribution in [3.8, 4) is 5.75 Å². The molecule has 4 rings (SSSR count). The van der Waals surface area contributed by atoms with Crippen LogP contribution in [-0.2, 0) is 4.79 Å². The standard InChI is InChI=1S/C27H32FN3O3/c1-4-7-22(16-29-15-20-10-11-20)21-12-13-24-25(14-21)30(17-18(2)31(24)19(3)32)27(33)34-26-9-6-5-8-23(26)28/h4-6,8-9,12-14,18,20,22,29H,1,7,10-11,15-17H2,2-3H3/t18-,22?/m0/s1. The van der Waals surface area contributed by atoms with Gasteiger partial charge in [0.05, 0.1) is 17.4 Å². The van der Waals surface area contributed by atoms with Crippen molar-refractivity contribution in [2.45, 2.75) is 45.1 Å². The number of rotatable bonds is 8. The summed E-state index contributed by atoms with van der Waals surface area (Å²) in [7, 11) is 0. The van der Waals surface area contributed by atoms with Gasteiger partial charge >= 0.3 is 6.09 Å². The normalized spacial score (nSPS) is 18.3. The number of ether oxygens (including phenoxy) is 1. The van der Waals surface area contributed by atoms with E-state index in [0.29, 0.717) is 11.4 Å². The van der Waals surface area contributed by atoms with Gasteiger partial charge in [0.25, 0.3) is 0 Å². The third kappa shape index (κ3) is 5.30. The Morgan fingerprint density at radius 1 is 1.24 bits per heavy atom. The number of anilines is 2. The Kier molecular flexibility index (Phi) is 7.32. The number of benzene rings is 2. The number of fused-ring (bicyclic) bond motifs is 1. The van der Waals surface area contributed by atoms with E-state index in [-0.39, 0.29) is 30.2 Å². The second-order valence-corrected chi connectivity index (χ2v) is 9.22. The number of allylic oxidation sites excluding steroid dienone is 1. The molecule has 2 amide bonds. The molecule has 1 aliphatic carbocycles. The Morgan fingerprint density at radius 3 is 2.68 bits per heavy atom. The van der Waals surface area contributed by atoms with E-state index in [4.69, 9.17) is 4.74 Å². The zero-order chi connectivity index (χ0) is 24.2. The first-order valence-electron chi connectivity index (χ1n) is 11.9. The fraction of sp³-hybridized carbons (Fsp3) is 0.407. The molecular formula is C27H32FN3O3. The van der Waals surface area contributed by atoms with Crippen LogP contribution in [0.25, 0.3) is 0 Å². The number of hydrogen-bond acceptors (Lipinski definition) is 4. The van der Waals surface area contributed by atoms with Gasteiger partial charge in [0, 0.05) is 20.0 Å². The van der Waals surface area contributed by atoms with Crippen LogP contribution in [0.15, 0.2) is 55.1 Å². The number of nitrogens with zero attached hydrogens (tertiary/aromatic N) is 2. The van der Waals surface area contributed by atoms with Crippen molar-refractivity contribution in [2.24, 2.45) is 5.92 Å². The lowest BCUT2D eigenvalue weighted by atomic mass is 9.93. The molecule has 180 valence electrons. The minimum atomic E-state index is -0.675. The molecule has 2 aliphatic rings. The summed E-state index contributed by atoms with van der Waals surface area (Å²) in [5, 5.41) is 3.56. The summed E-state index contributed by atoms with van der Waals surface area (Å²) in [6, 6.07) is 11.4. The predicted octanol–water partition coefficient (Wildman–Crippen LogP) is 5.25. The number of amides is 2. The maximum Gasteiger partial charge on any atom is 0.419 e. The van der Waals surface area contributed by atoms with Gasteiger partial charge < -0.3 is 15.0 Å². The summed E-state index contributed by atoms with van der Waals surface area (Å²) in [5.74, 6) is 0.129. The van der Waals surface area contributed by atoms with Gasteiger partial charge in [0.15, 0.2) is 11.6 Å². The molecule has 2 aromatic rings. The lowest BCUT2D eigenvalue weighted by molar-refractivity contribution is -0.117. The molecule has 0 spiro atoms. The van der Waals surface area contributed by atoms with E-state index >= 15 is 0 Å². The van der Waals surface area contributed by atoms with Crippen molar-refractivity contribution in [2.75, 3.05) is 29.4 Å². The fourth-order valence-electron chi connectivity index (χ4n) is 4.55.